The average molecular weight is 536 g/mol. The smallest absolute Gasteiger partial charge is 0.291 e. The van der Waals surface area contributed by atoms with Gasteiger partial charge in [0, 0.05) is 21.5 Å². The van der Waals surface area contributed by atoms with Crippen molar-refractivity contribution in [2.75, 3.05) is 10.6 Å². The molecule has 5 rings (SSSR count). The van der Waals surface area contributed by atoms with E-state index in [0.29, 0.717) is 16.3 Å². The lowest BCUT2D eigenvalue weighted by molar-refractivity contribution is -0.115. The predicted molar refractivity (Wildman–Crippen MR) is 151 cm³/mol. The SMILES string of the molecule is N#Cc1c(-c2ccccc2)csc1NC(=O)C(Sc1cccc(NC(=O)c2ccco2)c1)c1ccccc1. The Morgan fingerprint density at radius 2 is 1.66 bits per heavy atom. The summed E-state index contributed by atoms with van der Waals surface area (Å²) in [5, 5.41) is 17.5. The van der Waals surface area contributed by atoms with Crippen LogP contribution in [0.3, 0.4) is 0 Å². The zero-order valence-electron chi connectivity index (χ0n) is 20.0. The number of furan rings is 1. The fraction of sp³-hybridized carbons (Fsp3) is 0.0333. The fourth-order valence-corrected chi connectivity index (χ4v) is 5.86. The van der Waals surface area contributed by atoms with Crippen LogP contribution in [0.5, 0.6) is 0 Å². The van der Waals surface area contributed by atoms with Crippen molar-refractivity contribution in [1.82, 2.24) is 0 Å². The number of carbonyl (C=O) groups excluding carboxylic acids is 2. The number of nitrogens with one attached hydrogen (secondary N) is 2. The van der Waals surface area contributed by atoms with E-state index in [1.165, 1.54) is 29.4 Å². The number of rotatable bonds is 8. The summed E-state index contributed by atoms with van der Waals surface area (Å²) in [6, 6.07) is 31.9. The highest BCUT2D eigenvalue weighted by atomic mass is 32.2. The normalized spacial score (nSPS) is 11.3. The van der Waals surface area contributed by atoms with Gasteiger partial charge in [0.1, 0.15) is 16.3 Å². The van der Waals surface area contributed by atoms with Gasteiger partial charge in [0.2, 0.25) is 5.91 Å². The van der Waals surface area contributed by atoms with Crippen LogP contribution in [0.4, 0.5) is 10.7 Å². The maximum Gasteiger partial charge on any atom is 0.291 e. The molecule has 0 saturated carbocycles. The third-order valence-electron chi connectivity index (χ3n) is 5.66. The Balaban J connectivity index is 1.39. The first-order chi connectivity index (χ1) is 18.6. The molecule has 1 atom stereocenters. The van der Waals surface area contributed by atoms with Gasteiger partial charge in [-0.25, -0.2) is 0 Å². The topological polar surface area (TPSA) is 95.1 Å². The minimum Gasteiger partial charge on any atom is -0.459 e. The van der Waals surface area contributed by atoms with Crippen LogP contribution in [0.2, 0.25) is 0 Å². The van der Waals surface area contributed by atoms with Crippen LogP contribution in [0.25, 0.3) is 11.1 Å². The van der Waals surface area contributed by atoms with Gasteiger partial charge in [-0.2, -0.15) is 5.26 Å². The van der Waals surface area contributed by atoms with Crippen LogP contribution in [-0.4, -0.2) is 11.8 Å². The monoisotopic (exact) mass is 535 g/mol. The lowest BCUT2D eigenvalue weighted by atomic mass is 10.1. The summed E-state index contributed by atoms with van der Waals surface area (Å²) in [5.41, 5.74) is 3.55. The molecular formula is C30H21N3O3S2. The highest BCUT2D eigenvalue weighted by Gasteiger charge is 2.25. The Bertz CT molecular complexity index is 1590. The Hall–Kier alpha value is -4.58. The van der Waals surface area contributed by atoms with Crippen molar-refractivity contribution >= 4 is 45.6 Å². The van der Waals surface area contributed by atoms with Crippen molar-refractivity contribution in [2.45, 2.75) is 10.1 Å². The average Bonchev–Trinajstić information content (AvgIpc) is 3.63. The number of hydrogen-bond donors (Lipinski definition) is 2. The van der Waals surface area contributed by atoms with E-state index in [-0.39, 0.29) is 17.6 Å². The summed E-state index contributed by atoms with van der Waals surface area (Å²) in [7, 11) is 0. The first-order valence-electron chi connectivity index (χ1n) is 11.7. The summed E-state index contributed by atoms with van der Waals surface area (Å²) < 4.78 is 5.16. The second-order valence-electron chi connectivity index (χ2n) is 8.19. The minimum absolute atomic E-state index is 0.212. The van der Waals surface area contributed by atoms with Gasteiger partial charge in [0.05, 0.1) is 11.8 Å². The molecule has 6 nitrogen and oxygen atoms in total. The van der Waals surface area contributed by atoms with Crippen molar-refractivity contribution in [3.8, 4) is 17.2 Å². The number of thiophene rings is 1. The van der Waals surface area contributed by atoms with Crippen LogP contribution in [-0.2, 0) is 4.79 Å². The Morgan fingerprint density at radius 3 is 2.37 bits per heavy atom. The molecule has 0 spiro atoms. The predicted octanol–water partition coefficient (Wildman–Crippen LogP) is 7.60. The molecule has 0 aliphatic rings. The Labute approximate surface area is 227 Å². The molecule has 186 valence electrons. The van der Waals surface area contributed by atoms with E-state index in [0.717, 1.165) is 21.6 Å². The van der Waals surface area contributed by atoms with E-state index in [2.05, 4.69) is 16.7 Å². The summed E-state index contributed by atoms with van der Waals surface area (Å²) in [6.07, 6.45) is 1.44. The van der Waals surface area contributed by atoms with Crippen LogP contribution in [0.15, 0.2) is 118 Å². The minimum atomic E-state index is -0.596. The Morgan fingerprint density at radius 1 is 0.895 bits per heavy atom. The van der Waals surface area contributed by atoms with Gasteiger partial charge in [-0.3, -0.25) is 9.59 Å². The third kappa shape index (κ3) is 5.70. The maximum absolute atomic E-state index is 13.6. The number of nitrogens with zero attached hydrogens (tertiary/aromatic N) is 1. The molecule has 2 heterocycles. The number of hydrogen-bond acceptors (Lipinski definition) is 6. The number of anilines is 2. The molecule has 0 fully saturated rings. The largest absolute Gasteiger partial charge is 0.459 e. The molecule has 5 aromatic rings. The standard InChI is InChI=1S/C30H21N3O3S2/c31-18-24-25(20-9-3-1-4-10-20)19-37-30(24)33-29(35)27(21-11-5-2-6-12-21)38-23-14-7-13-22(17-23)32-28(34)26-15-8-16-36-26/h1-17,19,27H,(H,32,34)(H,33,35). The first kappa shape index (κ1) is 25.1. The van der Waals surface area contributed by atoms with Gasteiger partial charge in [-0.1, -0.05) is 66.7 Å². The van der Waals surface area contributed by atoms with E-state index < -0.39 is 5.25 Å². The third-order valence-corrected chi connectivity index (χ3v) is 7.80. The molecule has 0 saturated heterocycles. The molecule has 0 radical (unpaired) electrons. The fourth-order valence-electron chi connectivity index (χ4n) is 3.85. The van der Waals surface area contributed by atoms with Crippen LogP contribution in [0, 0.1) is 11.3 Å². The van der Waals surface area contributed by atoms with Crippen LogP contribution >= 0.6 is 23.1 Å². The molecule has 3 aromatic carbocycles. The number of benzene rings is 3. The molecule has 0 aliphatic carbocycles. The van der Waals surface area contributed by atoms with Gasteiger partial charge in [-0.15, -0.1) is 23.1 Å². The molecule has 0 aliphatic heterocycles. The number of carbonyl (C=O) groups is 2. The number of nitriles is 1. The zero-order valence-corrected chi connectivity index (χ0v) is 21.6. The number of amides is 2. The summed E-state index contributed by atoms with van der Waals surface area (Å²) in [5.74, 6) is -0.390. The highest BCUT2D eigenvalue weighted by Crippen LogP contribution is 2.40. The van der Waals surface area contributed by atoms with Crippen molar-refractivity contribution < 1.29 is 14.0 Å². The van der Waals surface area contributed by atoms with Crippen molar-refractivity contribution in [1.29, 1.82) is 5.26 Å². The summed E-state index contributed by atoms with van der Waals surface area (Å²) >= 11 is 2.69. The van der Waals surface area contributed by atoms with E-state index in [1.54, 1.807) is 18.2 Å². The van der Waals surface area contributed by atoms with Crippen molar-refractivity contribution in [3.63, 3.8) is 0 Å². The number of thioether (sulfide) groups is 1. The molecule has 0 bridgehead atoms. The first-order valence-corrected chi connectivity index (χ1v) is 13.4. The molecule has 8 heteroatoms. The van der Waals surface area contributed by atoms with Crippen LogP contribution < -0.4 is 10.6 Å². The molecule has 2 aromatic heterocycles. The van der Waals surface area contributed by atoms with E-state index in [9.17, 15) is 14.9 Å². The molecular weight excluding hydrogens is 514 g/mol. The van der Waals surface area contributed by atoms with Crippen molar-refractivity contribution in [3.05, 3.63) is 126 Å². The summed E-state index contributed by atoms with van der Waals surface area (Å²) in [6.45, 7) is 0. The zero-order chi connectivity index (χ0) is 26.3. The van der Waals surface area contributed by atoms with E-state index >= 15 is 0 Å². The van der Waals surface area contributed by atoms with Crippen LogP contribution in [0.1, 0.15) is 26.9 Å². The van der Waals surface area contributed by atoms with E-state index in [4.69, 9.17) is 4.42 Å². The Kier molecular flexibility index (Phi) is 7.69. The molecule has 2 amide bonds. The molecule has 38 heavy (non-hydrogen) atoms. The van der Waals surface area contributed by atoms with Gasteiger partial charge in [0.25, 0.3) is 5.91 Å². The highest BCUT2D eigenvalue weighted by molar-refractivity contribution is 8.00. The van der Waals surface area contributed by atoms with Gasteiger partial charge < -0.3 is 15.1 Å². The molecule has 2 N–H and O–H groups in total. The van der Waals surface area contributed by atoms with Gasteiger partial charge >= 0.3 is 0 Å². The second-order valence-corrected chi connectivity index (χ2v) is 10.2. The summed E-state index contributed by atoms with van der Waals surface area (Å²) in [4.78, 5) is 26.8. The molecule has 1 unspecified atom stereocenters. The van der Waals surface area contributed by atoms with Gasteiger partial charge in [-0.05, 0) is 41.5 Å². The maximum atomic E-state index is 13.6. The second kappa shape index (κ2) is 11.6. The van der Waals surface area contributed by atoms with E-state index in [1.807, 2.05) is 84.2 Å². The lowest BCUT2D eigenvalue weighted by Crippen LogP contribution is -2.19. The lowest BCUT2D eigenvalue weighted by Gasteiger charge is -2.17. The van der Waals surface area contributed by atoms with Crippen molar-refractivity contribution in [2.24, 2.45) is 0 Å². The quantitative estimate of drug-likeness (QED) is 0.199. The van der Waals surface area contributed by atoms with Gasteiger partial charge in [0.15, 0.2) is 5.76 Å².